The fourth-order valence-electron chi connectivity index (χ4n) is 3.61. The van der Waals surface area contributed by atoms with Gasteiger partial charge in [-0.15, -0.1) is 12.4 Å². The number of amides is 1. The Balaban J connectivity index is 0.00000208. The van der Waals surface area contributed by atoms with E-state index in [0.717, 1.165) is 12.0 Å². The summed E-state index contributed by atoms with van der Waals surface area (Å²) in [6.45, 7) is 3.79. The molecule has 0 aromatic heterocycles. The van der Waals surface area contributed by atoms with Crippen molar-refractivity contribution >= 4 is 34.0 Å². The number of likely N-dealkylation sites (tertiary alicyclic amines) is 1. The van der Waals surface area contributed by atoms with Crippen LogP contribution >= 0.6 is 12.4 Å². The van der Waals surface area contributed by atoms with E-state index in [2.05, 4.69) is 0 Å². The highest BCUT2D eigenvalue weighted by Gasteiger charge is 2.33. The first-order chi connectivity index (χ1) is 10.8. The minimum Gasteiger partial charge on any atom is -0.336 e. The van der Waals surface area contributed by atoms with E-state index in [1.807, 2.05) is 17.9 Å². The molecule has 0 saturated carbocycles. The first-order valence-corrected chi connectivity index (χ1v) is 9.77. The first-order valence-electron chi connectivity index (χ1n) is 7.93. The maximum atomic E-state index is 12.8. The van der Waals surface area contributed by atoms with Crippen LogP contribution in [0.2, 0.25) is 0 Å². The van der Waals surface area contributed by atoms with Crippen LogP contribution in [0.15, 0.2) is 18.2 Å². The van der Waals surface area contributed by atoms with Gasteiger partial charge in [-0.1, -0.05) is 0 Å². The largest absolute Gasteiger partial charge is 0.336 e. The van der Waals surface area contributed by atoms with Gasteiger partial charge in [0.05, 0.1) is 11.9 Å². The van der Waals surface area contributed by atoms with Gasteiger partial charge in [-0.3, -0.25) is 9.10 Å². The summed E-state index contributed by atoms with van der Waals surface area (Å²) >= 11 is 0. The molecule has 2 heterocycles. The molecular weight excluding hydrogens is 350 g/mol. The van der Waals surface area contributed by atoms with Crippen LogP contribution < -0.4 is 10.0 Å². The molecule has 8 heteroatoms. The molecule has 1 aromatic rings. The van der Waals surface area contributed by atoms with Gasteiger partial charge >= 0.3 is 0 Å². The van der Waals surface area contributed by atoms with Crippen LogP contribution in [0.3, 0.4) is 0 Å². The van der Waals surface area contributed by atoms with Gasteiger partial charge < -0.3 is 10.6 Å². The van der Waals surface area contributed by atoms with Gasteiger partial charge in [-0.25, -0.2) is 8.42 Å². The number of rotatable bonds is 3. The third-order valence-electron chi connectivity index (χ3n) is 4.84. The van der Waals surface area contributed by atoms with Gasteiger partial charge in [0, 0.05) is 24.7 Å². The number of benzene rings is 1. The van der Waals surface area contributed by atoms with E-state index in [1.165, 1.54) is 10.6 Å². The molecule has 1 fully saturated rings. The minimum absolute atomic E-state index is 0. The van der Waals surface area contributed by atoms with Gasteiger partial charge in [-0.2, -0.15) is 0 Å². The summed E-state index contributed by atoms with van der Waals surface area (Å²) in [5.41, 5.74) is 7.97. The number of nitrogens with zero attached hydrogens (tertiary/aromatic N) is 2. The predicted molar refractivity (Wildman–Crippen MR) is 97.2 cm³/mol. The summed E-state index contributed by atoms with van der Waals surface area (Å²) in [7, 11) is -3.26. The van der Waals surface area contributed by atoms with E-state index in [4.69, 9.17) is 5.73 Å². The van der Waals surface area contributed by atoms with Crippen molar-refractivity contribution in [2.45, 2.75) is 25.8 Å². The van der Waals surface area contributed by atoms with Gasteiger partial charge in [0.2, 0.25) is 10.0 Å². The molecule has 0 spiro atoms. The van der Waals surface area contributed by atoms with Gasteiger partial charge in [-0.05, 0) is 56.0 Å². The maximum Gasteiger partial charge on any atom is 0.254 e. The number of fused-ring (bicyclic) bond motifs is 1. The van der Waals surface area contributed by atoms with E-state index in [0.29, 0.717) is 43.2 Å². The molecule has 2 aliphatic heterocycles. The van der Waals surface area contributed by atoms with E-state index >= 15 is 0 Å². The standard InChI is InChI=1S/C16H23N3O3S.ClH/c1-11-7-12(9-17)10-18(11)16(20)14-3-4-15-13(8-14)5-6-19(15)23(2,21)22;/h3-4,8,11-12H,5-7,9-10,17H2,1-2H3;1H. The molecule has 24 heavy (non-hydrogen) atoms. The van der Waals surface area contributed by atoms with Crippen molar-refractivity contribution in [2.24, 2.45) is 11.7 Å². The topological polar surface area (TPSA) is 83.7 Å². The second kappa shape index (κ2) is 6.90. The summed E-state index contributed by atoms with van der Waals surface area (Å²) in [6.07, 6.45) is 2.79. The lowest BCUT2D eigenvalue weighted by atomic mass is 10.1. The number of nitrogens with two attached hydrogens (primary N) is 1. The first kappa shape index (κ1) is 19.0. The number of hydrogen-bond donors (Lipinski definition) is 1. The van der Waals surface area contributed by atoms with Crippen LogP contribution in [0, 0.1) is 5.92 Å². The summed E-state index contributed by atoms with van der Waals surface area (Å²) < 4.78 is 25.0. The number of anilines is 1. The quantitative estimate of drug-likeness (QED) is 0.863. The third-order valence-corrected chi connectivity index (χ3v) is 6.02. The van der Waals surface area contributed by atoms with E-state index in [-0.39, 0.29) is 24.4 Å². The molecule has 134 valence electrons. The molecule has 3 rings (SSSR count). The Kier molecular flexibility index (Phi) is 5.47. The molecule has 6 nitrogen and oxygen atoms in total. The lowest BCUT2D eigenvalue weighted by Crippen LogP contribution is -2.34. The summed E-state index contributed by atoms with van der Waals surface area (Å²) in [6, 6.07) is 5.51. The molecule has 0 aliphatic carbocycles. The molecule has 1 aromatic carbocycles. The van der Waals surface area contributed by atoms with Crippen molar-refractivity contribution in [3.8, 4) is 0 Å². The number of carbonyl (C=O) groups excluding carboxylic acids is 1. The van der Waals surface area contributed by atoms with E-state index in [9.17, 15) is 13.2 Å². The molecule has 0 bridgehead atoms. The molecular formula is C16H24ClN3O3S. The van der Waals surface area contributed by atoms with Crippen LogP contribution in [-0.4, -0.2) is 51.2 Å². The zero-order chi connectivity index (χ0) is 16.8. The van der Waals surface area contributed by atoms with Crippen molar-refractivity contribution in [1.82, 2.24) is 4.90 Å². The number of sulfonamides is 1. The summed E-state index contributed by atoms with van der Waals surface area (Å²) in [5, 5.41) is 0. The third kappa shape index (κ3) is 3.38. The monoisotopic (exact) mass is 373 g/mol. The Morgan fingerprint density at radius 2 is 2.08 bits per heavy atom. The lowest BCUT2D eigenvalue weighted by molar-refractivity contribution is 0.0743. The van der Waals surface area contributed by atoms with Gasteiger partial charge in [0.25, 0.3) is 5.91 Å². The molecule has 2 aliphatic rings. The predicted octanol–water partition coefficient (Wildman–Crippen LogP) is 1.24. The number of hydrogen-bond acceptors (Lipinski definition) is 4. The average Bonchev–Trinajstić information content (AvgIpc) is 3.08. The molecule has 1 saturated heterocycles. The summed E-state index contributed by atoms with van der Waals surface area (Å²) in [5.74, 6) is 0.373. The van der Waals surface area contributed by atoms with Crippen LogP contribution in [-0.2, 0) is 16.4 Å². The Morgan fingerprint density at radius 1 is 1.38 bits per heavy atom. The van der Waals surface area contributed by atoms with E-state index in [1.54, 1.807) is 12.1 Å². The maximum absolute atomic E-state index is 12.8. The van der Waals surface area contributed by atoms with Crippen molar-refractivity contribution in [3.63, 3.8) is 0 Å². The zero-order valence-electron chi connectivity index (χ0n) is 13.9. The highest BCUT2D eigenvalue weighted by Crippen LogP contribution is 2.32. The second-order valence-corrected chi connectivity index (χ2v) is 8.48. The fraction of sp³-hybridized carbons (Fsp3) is 0.562. The molecule has 2 atom stereocenters. The van der Waals surface area contributed by atoms with Crippen molar-refractivity contribution in [3.05, 3.63) is 29.3 Å². The van der Waals surface area contributed by atoms with Gasteiger partial charge in [0.15, 0.2) is 0 Å². The van der Waals surface area contributed by atoms with Gasteiger partial charge in [0.1, 0.15) is 0 Å². The minimum atomic E-state index is -3.26. The van der Waals surface area contributed by atoms with E-state index < -0.39 is 10.0 Å². The smallest absolute Gasteiger partial charge is 0.254 e. The van der Waals surface area contributed by atoms with Crippen molar-refractivity contribution in [1.29, 1.82) is 0 Å². The molecule has 0 radical (unpaired) electrons. The van der Waals surface area contributed by atoms with Crippen molar-refractivity contribution in [2.75, 3.05) is 30.2 Å². The molecule has 2 N–H and O–H groups in total. The van der Waals surface area contributed by atoms with Crippen LogP contribution in [0.1, 0.15) is 29.3 Å². The van der Waals surface area contributed by atoms with Crippen LogP contribution in [0.5, 0.6) is 0 Å². The normalized spacial score (nSPS) is 23.1. The Hall–Kier alpha value is -1.31. The zero-order valence-corrected chi connectivity index (χ0v) is 15.6. The second-order valence-electron chi connectivity index (χ2n) is 6.57. The Morgan fingerprint density at radius 3 is 2.67 bits per heavy atom. The average molecular weight is 374 g/mol. The number of halogens is 1. The Labute approximate surface area is 149 Å². The highest BCUT2D eigenvalue weighted by atomic mass is 35.5. The highest BCUT2D eigenvalue weighted by molar-refractivity contribution is 7.92. The van der Waals surface area contributed by atoms with Crippen LogP contribution in [0.4, 0.5) is 5.69 Å². The SMILES string of the molecule is CC1CC(CN)CN1C(=O)c1ccc2c(c1)CCN2S(C)(=O)=O.Cl. The fourth-order valence-corrected chi connectivity index (χ4v) is 4.57. The summed E-state index contributed by atoms with van der Waals surface area (Å²) in [4.78, 5) is 14.6. The lowest BCUT2D eigenvalue weighted by Gasteiger charge is -2.22. The Bertz CT molecular complexity index is 738. The van der Waals surface area contributed by atoms with Crippen LogP contribution in [0.25, 0.3) is 0 Å². The van der Waals surface area contributed by atoms with Crippen molar-refractivity contribution < 1.29 is 13.2 Å². The number of carbonyl (C=O) groups is 1. The molecule has 1 amide bonds. The molecule has 2 unspecified atom stereocenters.